The van der Waals surface area contributed by atoms with E-state index in [9.17, 15) is 28.8 Å². The normalized spacial score (nSPS) is 18.9. The molecule has 6 N–H and O–H groups in total. The average Bonchev–Trinajstić information content (AvgIpc) is 2.89. The second kappa shape index (κ2) is 21.3. The summed E-state index contributed by atoms with van der Waals surface area (Å²) in [5.74, 6) is -6.93. The molecule has 1 saturated heterocycles. The first-order chi connectivity index (χ1) is 20.0. The largest absolute Gasteiger partial charge is 0.481 e. The van der Waals surface area contributed by atoms with Crippen LogP contribution in [-0.4, -0.2) is 170 Å². The Morgan fingerprint density at radius 1 is 0.524 bits per heavy atom. The number of amides is 2. The zero-order valence-corrected chi connectivity index (χ0v) is 23.2. The van der Waals surface area contributed by atoms with Crippen LogP contribution in [-0.2, 0) is 47.7 Å². The van der Waals surface area contributed by atoms with Crippen LogP contribution in [0, 0.1) is 0 Å². The summed E-state index contributed by atoms with van der Waals surface area (Å²) in [5, 5.41) is 40.4. The monoisotopic (exact) mass is 608 g/mol. The van der Waals surface area contributed by atoms with Gasteiger partial charge in [-0.05, 0) is 0 Å². The van der Waals surface area contributed by atoms with Crippen molar-refractivity contribution in [2.24, 2.45) is 0 Å². The van der Waals surface area contributed by atoms with Gasteiger partial charge in [-0.1, -0.05) is 0 Å². The van der Waals surface area contributed by atoms with Gasteiger partial charge in [0.25, 0.3) is 0 Å². The Morgan fingerprint density at radius 3 is 1.05 bits per heavy atom. The third-order valence-corrected chi connectivity index (χ3v) is 5.71. The Labute approximate surface area is 241 Å². The van der Waals surface area contributed by atoms with Crippen LogP contribution in [0.3, 0.4) is 0 Å². The summed E-state index contributed by atoms with van der Waals surface area (Å²) >= 11 is 0. The molecule has 0 unspecified atom stereocenters. The molecule has 1 aliphatic rings. The number of nitrogens with zero attached hydrogens (tertiary/aromatic N) is 2. The molecule has 0 aromatic carbocycles. The fraction of sp³-hybridized carbons (Fsp3) is 0.750. The Balaban J connectivity index is 2.58. The number of carbonyl (C=O) groups excluding carboxylic acids is 2. The van der Waals surface area contributed by atoms with Crippen LogP contribution in [0.2, 0.25) is 0 Å². The van der Waals surface area contributed by atoms with Crippen molar-refractivity contribution in [3.63, 3.8) is 0 Å². The van der Waals surface area contributed by atoms with Gasteiger partial charge in [-0.3, -0.25) is 29.0 Å². The molecule has 2 atom stereocenters. The number of ether oxygens (including phenoxy) is 4. The molecular formula is C24H40N4O14. The molecule has 0 spiro atoms. The molecule has 18 nitrogen and oxygen atoms in total. The minimum atomic E-state index is -1.55. The van der Waals surface area contributed by atoms with Crippen LogP contribution in [0.25, 0.3) is 0 Å². The second-order valence-electron chi connectivity index (χ2n) is 9.11. The van der Waals surface area contributed by atoms with Crippen molar-refractivity contribution in [3.05, 3.63) is 0 Å². The van der Waals surface area contributed by atoms with Gasteiger partial charge in [-0.25, -0.2) is 9.59 Å². The topological polar surface area (TPSA) is 251 Å². The van der Waals surface area contributed by atoms with E-state index in [2.05, 4.69) is 10.6 Å². The van der Waals surface area contributed by atoms with Crippen molar-refractivity contribution in [3.8, 4) is 0 Å². The number of carbonyl (C=O) groups is 6. The molecule has 0 saturated carbocycles. The highest BCUT2D eigenvalue weighted by Crippen LogP contribution is 1.98. The fourth-order valence-corrected chi connectivity index (χ4v) is 3.59. The molecule has 0 bridgehead atoms. The Kier molecular flexibility index (Phi) is 18.6. The van der Waals surface area contributed by atoms with Gasteiger partial charge in [-0.15, -0.1) is 0 Å². The summed E-state index contributed by atoms with van der Waals surface area (Å²) in [4.78, 5) is 72.2. The van der Waals surface area contributed by atoms with E-state index in [4.69, 9.17) is 39.4 Å². The number of aliphatic carboxylic acids is 4. The van der Waals surface area contributed by atoms with Crippen molar-refractivity contribution >= 4 is 35.7 Å². The van der Waals surface area contributed by atoms with E-state index in [0.29, 0.717) is 26.2 Å². The molecule has 42 heavy (non-hydrogen) atoms. The van der Waals surface area contributed by atoms with Gasteiger partial charge in [0, 0.05) is 26.2 Å². The Bertz CT molecular complexity index is 799. The predicted octanol–water partition coefficient (Wildman–Crippen LogP) is -3.24. The van der Waals surface area contributed by atoms with Crippen molar-refractivity contribution in [1.29, 1.82) is 0 Å². The molecule has 1 heterocycles. The SMILES string of the molecule is O=C(O)C[C@@H](NC(=O)CN1CCOCCOCCN(CC(=O)N[C@H](CC(=O)O)C(=O)O)CCOCCOCC1)C(=O)O. The van der Waals surface area contributed by atoms with E-state index in [-0.39, 0.29) is 65.9 Å². The summed E-state index contributed by atoms with van der Waals surface area (Å²) in [6.07, 6.45) is -1.51. The van der Waals surface area contributed by atoms with E-state index in [0.717, 1.165) is 0 Å². The lowest BCUT2D eigenvalue weighted by Crippen LogP contribution is -2.47. The standard InChI is InChI=1S/C24H40N4O14/c29-19(25-17(23(35)36)13-21(31)32)15-27-1-5-39-9-10-41-7-3-28(4-8-42-12-11-40-6-2-27)16-20(30)26-18(24(37)38)14-22(33)34/h17-18H,1-16H2,(H,25,29)(H,26,30)(H,31,32)(H,33,34)(H,35,36)(H,37,38)/t17-,18-/m1/s1. The zero-order chi connectivity index (χ0) is 31.3. The number of hydrogen-bond acceptors (Lipinski definition) is 12. The van der Waals surface area contributed by atoms with Crippen molar-refractivity contribution < 1.29 is 68.1 Å². The summed E-state index contributed by atoms with van der Waals surface area (Å²) in [5.41, 5.74) is 0. The first kappa shape index (κ1) is 36.6. The molecule has 18 heteroatoms. The predicted molar refractivity (Wildman–Crippen MR) is 140 cm³/mol. The van der Waals surface area contributed by atoms with Crippen LogP contribution < -0.4 is 10.6 Å². The van der Waals surface area contributed by atoms with Crippen LogP contribution in [0.1, 0.15) is 12.8 Å². The Hall–Kier alpha value is -3.42. The lowest BCUT2D eigenvalue weighted by Gasteiger charge is -2.24. The number of rotatable bonds is 12. The van der Waals surface area contributed by atoms with Crippen LogP contribution in [0.15, 0.2) is 0 Å². The van der Waals surface area contributed by atoms with Gasteiger partial charge in [0.1, 0.15) is 12.1 Å². The molecule has 0 aromatic rings. The van der Waals surface area contributed by atoms with E-state index in [1.165, 1.54) is 0 Å². The molecule has 0 radical (unpaired) electrons. The quantitative estimate of drug-likeness (QED) is 0.127. The van der Waals surface area contributed by atoms with Crippen LogP contribution in [0.5, 0.6) is 0 Å². The maximum Gasteiger partial charge on any atom is 0.326 e. The smallest absolute Gasteiger partial charge is 0.326 e. The molecule has 1 rings (SSSR count). The lowest BCUT2D eigenvalue weighted by atomic mass is 10.2. The van der Waals surface area contributed by atoms with E-state index < -0.39 is 60.6 Å². The summed E-state index contributed by atoms with van der Waals surface area (Å²) in [7, 11) is 0. The number of carboxylic acids is 4. The average molecular weight is 609 g/mol. The highest BCUT2D eigenvalue weighted by molar-refractivity contribution is 5.88. The van der Waals surface area contributed by atoms with Gasteiger partial charge in [0.05, 0.1) is 78.8 Å². The van der Waals surface area contributed by atoms with Crippen molar-refractivity contribution in [2.45, 2.75) is 24.9 Å². The maximum atomic E-state index is 12.3. The van der Waals surface area contributed by atoms with Gasteiger partial charge in [-0.2, -0.15) is 0 Å². The Morgan fingerprint density at radius 2 is 0.810 bits per heavy atom. The third kappa shape index (κ3) is 18.1. The van der Waals surface area contributed by atoms with Gasteiger partial charge in [0.15, 0.2) is 0 Å². The summed E-state index contributed by atoms with van der Waals surface area (Å²) in [6.45, 7) is 2.52. The molecular weight excluding hydrogens is 568 g/mol. The van der Waals surface area contributed by atoms with Gasteiger partial charge < -0.3 is 50.0 Å². The van der Waals surface area contributed by atoms with Gasteiger partial charge in [0.2, 0.25) is 11.8 Å². The number of nitrogens with one attached hydrogen (secondary N) is 2. The summed E-state index contributed by atoms with van der Waals surface area (Å²) < 4.78 is 22.2. The molecule has 1 fully saturated rings. The highest BCUT2D eigenvalue weighted by atomic mass is 16.5. The molecule has 2 amide bonds. The number of hydrogen-bond donors (Lipinski definition) is 6. The highest BCUT2D eigenvalue weighted by Gasteiger charge is 2.25. The van der Waals surface area contributed by atoms with E-state index in [1.54, 1.807) is 9.80 Å². The third-order valence-electron chi connectivity index (χ3n) is 5.71. The fourth-order valence-electron chi connectivity index (χ4n) is 3.59. The summed E-state index contributed by atoms with van der Waals surface area (Å²) in [6, 6.07) is -3.11. The van der Waals surface area contributed by atoms with Gasteiger partial charge >= 0.3 is 23.9 Å². The van der Waals surface area contributed by atoms with Crippen LogP contribution >= 0.6 is 0 Å². The van der Waals surface area contributed by atoms with E-state index >= 15 is 0 Å². The van der Waals surface area contributed by atoms with Crippen LogP contribution in [0.4, 0.5) is 0 Å². The zero-order valence-electron chi connectivity index (χ0n) is 23.2. The molecule has 1 aliphatic heterocycles. The number of carboxylic acid groups (broad SMARTS) is 4. The maximum absolute atomic E-state index is 12.3. The minimum absolute atomic E-state index is 0.198. The second-order valence-corrected chi connectivity index (χ2v) is 9.11. The van der Waals surface area contributed by atoms with Crippen molar-refractivity contribution in [2.75, 3.05) is 92.1 Å². The first-order valence-electron chi connectivity index (χ1n) is 13.2. The first-order valence-corrected chi connectivity index (χ1v) is 13.2. The van der Waals surface area contributed by atoms with Crippen molar-refractivity contribution in [1.82, 2.24) is 20.4 Å². The minimum Gasteiger partial charge on any atom is -0.481 e. The molecule has 0 aliphatic carbocycles. The molecule has 240 valence electrons. The lowest BCUT2D eigenvalue weighted by molar-refractivity contribution is -0.147. The molecule has 0 aromatic heterocycles. The van der Waals surface area contributed by atoms with E-state index in [1.807, 2.05) is 0 Å².